The van der Waals surface area contributed by atoms with Crippen LogP contribution in [0.25, 0.3) is 0 Å². The minimum atomic E-state index is -4.66. The van der Waals surface area contributed by atoms with E-state index >= 15 is 0 Å². The van der Waals surface area contributed by atoms with E-state index in [4.69, 9.17) is 4.74 Å². The summed E-state index contributed by atoms with van der Waals surface area (Å²) in [7, 11) is 1.24. The summed E-state index contributed by atoms with van der Waals surface area (Å²) in [5.74, 6) is -1.31. The summed E-state index contributed by atoms with van der Waals surface area (Å²) < 4.78 is 44.4. The number of carbonyl (C=O) groups is 2. The number of phenols is 1. The number of ether oxygens (including phenoxy) is 1. The van der Waals surface area contributed by atoms with Gasteiger partial charge in [0.05, 0.1) is 18.2 Å². The van der Waals surface area contributed by atoms with Gasteiger partial charge in [0.1, 0.15) is 11.8 Å². The molecule has 30 heavy (non-hydrogen) atoms. The quantitative estimate of drug-likeness (QED) is 0.725. The molecule has 1 heterocycles. The number of para-hydroxylation sites is 1. The van der Waals surface area contributed by atoms with Crippen LogP contribution in [0, 0.1) is 0 Å². The average molecular weight is 422 g/mol. The molecule has 0 bridgehead atoms. The van der Waals surface area contributed by atoms with Crippen LogP contribution in [0.3, 0.4) is 0 Å². The van der Waals surface area contributed by atoms with Crippen LogP contribution < -0.4 is 5.32 Å². The van der Waals surface area contributed by atoms with Crippen LogP contribution >= 0.6 is 0 Å². The van der Waals surface area contributed by atoms with Crippen LogP contribution in [0.4, 0.5) is 13.2 Å². The molecule has 3 rings (SSSR count). The number of nitrogens with one attached hydrogen (secondary N) is 1. The molecule has 1 fully saturated rings. The summed E-state index contributed by atoms with van der Waals surface area (Å²) in [4.78, 5) is 26.5. The van der Waals surface area contributed by atoms with Crippen molar-refractivity contribution in [2.75, 3.05) is 13.7 Å². The molecule has 0 aliphatic carbocycles. The first-order valence-corrected chi connectivity index (χ1v) is 9.26. The first-order valence-electron chi connectivity index (χ1n) is 9.26. The average Bonchev–Trinajstić information content (AvgIpc) is 3.10. The normalized spacial score (nSPS) is 19.5. The summed E-state index contributed by atoms with van der Waals surface area (Å²) >= 11 is 0. The summed E-state index contributed by atoms with van der Waals surface area (Å²) in [6.45, 7) is 0.436. The fourth-order valence-electron chi connectivity index (χ4n) is 3.62. The molecule has 2 aromatic rings. The van der Waals surface area contributed by atoms with Crippen molar-refractivity contribution in [1.82, 2.24) is 10.2 Å². The lowest BCUT2D eigenvalue weighted by Crippen LogP contribution is -2.38. The second-order valence-electron chi connectivity index (χ2n) is 7.05. The number of methoxy groups -OCH3 is 1. The van der Waals surface area contributed by atoms with Crippen LogP contribution in [0.2, 0.25) is 0 Å². The van der Waals surface area contributed by atoms with Crippen molar-refractivity contribution in [1.29, 1.82) is 0 Å². The SMILES string of the molecule is COC(=O)[C@@H]1C[C@@H](NC(=O)c2ccccc2C(F)(F)F)CN1Cc1ccccc1O. The lowest BCUT2D eigenvalue weighted by atomic mass is 10.1. The standard InChI is InChI=1S/C21H21F3N2O4/c1-30-20(29)17-10-14(12-26(17)11-13-6-2-5-9-18(13)27)25-19(28)15-7-3-4-8-16(15)21(22,23)24/h2-9,14,17,27H,10-12H2,1H3,(H,25,28)/t14-,17+/m1/s1. The number of likely N-dealkylation sites (tertiary alicyclic amines) is 1. The van der Waals surface area contributed by atoms with Crippen LogP contribution in [0.5, 0.6) is 5.75 Å². The van der Waals surface area contributed by atoms with Gasteiger partial charge < -0.3 is 15.2 Å². The number of hydrogen-bond donors (Lipinski definition) is 2. The molecule has 0 spiro atoms. The molecule has 0 radical (unpaired) electrons. The molecule has 2 aromatic carbocycles. The summed E-state index contributed by atoms with van der Waals surface area (Å²) in [5, 5.41) is 12.6. The number of hydrogen-bond acceptors (Lipinski definition) is 5. The monoisotopic (exact) mass is 422 g/mol. The van der Waals surface area contributed by atoms with Crippen molar-refractivity contribution in [3.8, 4) is 5.75 Å². The first kappa shape index (κ1) is 21.6. The highest BCUT2D eigenvalue weighted by Crippen LogP contribution is 2.32. The lowest BCUT2D eigenvalue weighted by Gasteiger charge is -2.22. The predicted molar refractivity (Wildman–Crippen MR) is 102 cm³/mol. The van der Waals surface area contributed by atoms with E-state index in [1.165, 1.54) is 25.3 Å². The number of aromatic hydroxyl groups is 1. The third-order valence-corrected chi connectivity index (χ3v) is 5.05. The Bertz CT molecular complexity index is 932. The van der Waals surface area contributed by atoms with Crippen LogP contribution in [-0.2, 0) is 22.3 Å². The molecule has 1 aliphatic heterocycles. The van der Waals surface area contributed by atoms with Gasteiger partial charge in [-0.1, -0.05) is 30.3 Å². The summed E-state index contributed by atoms with van der Waals surface area (Å²) in [6, 6.07) is 9.92. The van der Waals surface area contributed by atoms with Crippen LogP contribution in [-0.4, -0.2) is 47.6 Å². The molecule has 0 saturated carbocycles. The Morgan fingerprint density at radius 1 is 1.17 bits per heavy atom. The maximum absolute atomic E-state index is 13.2. The van der Waals surface area contributed by atoms with Crippen molar-refractivity contribution in [2.24, 2.45) is 0 Å². The Hall–Kier alpha value is -3.07. The molecular formula is C21H21F3N2O4. The van der Waals surface area contributed by atoms with Crippen molar-refractivity contribution < 1.29 is 32.6 Å². The molecular weight excluding hydrogens is 401 g/mol. The Labute approximate surface area is 171 Å². The minimum absolute atomic E-state index is 0.0627. The molecule has 2 atom stereocenters. The zero-order valence-electron chi connectivity index (χ0n) is 16.1. The van der Waals surface area contributed by atoms with Crippen molar-refractivity contribution in [3.63, 3.8) is 0 Å². The van der Waals surface area contributed by atoms with Gasteiger partial charge in [0.15, 0.2) is 0 Å². The third-order valence-electron chi connectivity index (χ3n) is 5.05. The second kappa shape index (κ2) is 8.74. The number of carbonyl (C=O) groups excluding carboxylic acids is 2. The smallest absolute Gasteiger partial charge is 0.417 e. The number of benzene rings is 2. The third kappa shape index (κ3) is 4.73. The number of alkyl halides is 3. The van der Waals surface area contributed by atoms with E-state index in [0.29, 0.717) is 5.56 Å². The summed E-state index contributed by atoms with van der Waals surface area (Å²) in [6.07, 6.45) is -4.48. The van der Waals surface area contributed by atoms with Gasteiger partial charge >= 0.3 is 12.1 Å². The number of amides is 1. The molecule has 0 unspecified atom stereocenters. The Balaban J connectivity index is 1.77. The molecule has 2 N–H and O–H groups in total. The zero-order valence-corrected chi connectivity index (χ0v) is 16.1. The highest BCUT2D eigenvalue weighted by atomic mass is 19.4. The fourth-order valence-corrected chi connectivity index (χ4v) is 3.62. The maximum Gasteiger partial charge on any atom is 0.417 e. The first-order chi connectivity index (χ1) is 14.2. The molecule has 160 valence electrons. The number of rotatable bonds is 5. The van der Waals surface area contributed by atoms with Crippen molar-refractivity contribution in [3.05, 3.63) is 65.2 Å². The summed E-state index contributed by atoms with van der Waals surface area (Å²) in [5.41, 5.74) is -0.907. The largest absolute Gasteiger partial charge is 0.508 e. The van der Waals surface area contributed by atoms with Gasteiger partial charge in [-0.05, 0) is 24.6 Å². The van der Waals surface area contributed by atoms with E-state index in [9.17, 15) is 27.9 Å². The van der Waals surface area contributed by atoms with Crippen LogP contribution in [0.1, 0.15) is 27.9 Å². The molecule has 6 nitrogen and oxygen atoms in total. The number of halogens is 3. The highest BCUT2D eigenvalue weighted by Gasteiger charge is 2.40. The van der Waals surface area contributed by atoms with Gasteiger partial charge in [0, 0.05) is 24.7 Å². The van der Waals surface area contributed by atoms with Crippen LogP contribution in [0.15, 0.2) is 48.5 Å². The van der Waals surface area contributed by atoms with Crippen molar-refractivity contribution >= 4 is 11.9 Å². The topological polar surface area (TPSA) is 78.9 Å². The van der Waals surface area contributed by atoms with Gasteiger partial charge in [-0.25, -0.2) is 0 Å². The Morgan fingerprint density at radius 3 is 2.50 bits per heavy atom. The maximum atomic E-state index is 13.2. The Kier molecular flexibility index (Phi) is 6.31. The number of esters is 1. The van der Waals surface area contributed by atoms with Crippen molar-refractivity contribution in [2.45, 2.75) is 31.2 Å². The van der Waals surface area contributed by atoms with E-state index in [1.54, 1.807) is 23.1 Å². The molecule has 0 aromatic heterocycles. The van der Waals surface area contributed by atoms with E-state index in [0.717, 1.165) is 12.1 Å². The van der Waals surface area contributed by atoms with Gasteiger partial charge in [-0.3, -0.25) is 14.5 Å². The molecule has 1 saturated heterocycles. The highest BCUT2D eigenvalue weighted by molar-refractivity contribution is 5.96. The molecule has 1 amide bonds. The van der Waals surface area contributed by atoms with E-state index in [1.807, 2.05) is 0 Å². The molecule has 9 heteroatoms. The Morgan fingerprint density at radius 2 is 1.83 bits per heavy atom. The molecule has 1 aliphatic rings. The number of phenolic OH excluding ortho intramolecular Hbond substituents is 1. The van der Waals surface area contributed by atoms with Gasteiger partial charge in [-0.15, -0.1) is 0 Å². The van der Waals surface area contributed by atoms with Gasteiger partial charge in [-0.2, -0.15) is 13.2 Å². The van der Waals surface area contributed by atoms with E-state index < -0.39 is 41.3 Å². The minimum Gasteiger partial charge on any atom is -0.508 e. The number of nitrogens with zero attached hydrogens (tertiary/aromatic N) is 1. The second-order valence-corrected chi connectivity index (χ2v) is 7.05. The lowest BCUT2D eigenvalue weighted by molar-refractivity contribution is -0.146. The van der Waals surface area contributed by atoms with E-state index in [2.05, 4.69) is 5.32 Å². The zero-order chi connectivity index (χ0) is 21.9. The fraction of sp³-hybridized carbons (Fsp3) is 0.333. The van der Waals surface area contributed by atoms with E-state index in [-0.39, 0.29) is 25.3 Å². The predicted octanol–water partition coefficient (Wildman–Crippen LogP) is 2.96. The van der Waals surface area contributed by atoms with Gasteiger partial charge in [0.25, 0.3) is 5.91 Å². The van der Waals surface area contributed by atoms with Gasteiger partial charge in [0.2, 0.25) is 0 Å².